The highest BCUT2D eigenvalue weighted by Gasteiger charge is 2.35. The maximum absolute atomic E-state index is 13.3. The zero-order chi connectivity index (χ0) is 23.5. The second-order valence-corrected chi connectivity index (χ2v) is 9.67. The Labute approximate surface area is 205 Å². The molecular formula is C25H22N4O3S2. The number of amides is 1. The van der Waals surface area contributed by atoms with Crippen LogP contribution in [0.5, 0.6) is 0 Å². The van der Waals surface area contributed by atoms with Crippen LogP contribution in [0.25, 0.3) is 16.4 Å². The number of nitrogens with zero attached hydrogens (tertiary/aromatic N) is 4. The quantitative estimate of drug-likeness (QED) is 0.298. The third-order valence-electron chi connectivity index (χ3n) is 5.76. The van der Waals surface area contributed by atoms with Crippen molar-refractivity contribution < 1.29 is 14.3 Å². The van der Waals surface area contributed by atoms with E-state index >= 15 is 0 Å². The normalized spacial score (nSPS) is 15.1. The molecule has 1 amide bonds. The van der Waals surface area contributed by atoms with Crippen LogP contribution in [0.4, 0.5) is 0 Å². The first kappa shape index (κ1) is 22.4. The Bertz CT molecular complexity index is 1300. The van der Waals surface area contributed by atoms with Crippen LogP contribution in [-0.2, 0) is 27.3 Å². The number of fused-ring (bicyclic) bond motifs is 1. The molecule has 0 N–H and O–H groups in total. The predicted octanol–water partition coefficient (Wildman–Crippen LogP) is 4.21. The first-order valence-corrected chi connectivity index (χ1v) is 12.6. The lowest BCUT2D eigenvalue weighted by Gasteiger charge is -2.35. The second-order valence-electron chi connectivity index (χ2n) is 7.78. The van der Waals surface area contributed by atoms with E-state index in [0.29, 0.717) is 18.1 Å². The number of carbonyl (C=O) groups excluding carboxylic acids is 2. The van der Waals surface area contributed by atoms with Gasteiger partial charge in [-0.15, -0.1) is 21.5 Å². The molecule has 2 aromatic carbocycles. The Morgan fingerprint density at radius 1 is 1.03 bits per heavy atom. The van der Waals surface area contributed by atoms with Gasteiger partial charge in [-0.2, -0.15) is 0 Å². The molecule has 5 rings (SSSR count). The highest BCUT2D eigenvalue weighted by molar-refractivity contribution is 7.99. The molecule has 1 aliphatic rings. The number of hydrogen-bond acceptors (Lipinski definition) is 7. The molecule has 4 aromatic rings. The van der Waals surface area contributed by atoms with Crippen molar-refractivity contribution in [1.82, 2.24) is 19.7 Å². The van der Waals surface area contributed by atoms with Gasteiger partial charge in [-0.3, -0.25) is 9.36 Å². The zero-order valence-electron chi connectivity index (χ0n) is 18.5. The maximum Gasteiger partial charge on any atom is 0.328 e. The highest BCUT2D eigenvalue weighted by Crippen LogP contribution is 2.31. The number of carbonyl (C=O) groups is 2. The van der Waals surface area contributed by atoms with E-state index in [1.54, 1.807) is 16.2 Å². The van der Waals surface area contributed by atoms with Crippen LogP contribution in [0.15, 0.2) is 77.3 Å². The Morgan fingerprint density at radius 3 is 2.53 bits per heavy atom. The number of rotatable bonds is 6. The van der Waals surface area contributed by atoms with E-state index in [4.69, 9.17) is 4.74 Å². The number of ether oxygens (including phenoxy) is 1. The lowest BCUT2D eigenvalue weighted by Crippen LogP contribution is -2.49. The minimum absolute atomic E-state index is 0.130. The first-order chi connectivity index (χ1) is 16.7. The van der Waals surface area contributed by atoms with Crippen LogP contribution in [-0.4, -0.2) is 50.4 Å². The first-order valence-electron chi connectivity index (χ1n) is 10.8. The van der Waals surface area contributed by atoms with E-state index in [-0.39, 0.29) is 11.7 Å². The smallest absolute Gasteiger partial charge is 0.328 e. The van der Waals surface area contributed by atoms with Gasteiger partial charge in [-0.1, -0.05) is 60.3 Å². The van der Waals surface area contributed by atoms with Gasteiger partial charge in [0.15, 0.2) is 11.0 Å². The molecular weight excluding hydrogens is 468 g/mol. The Morgan fingerprint density at radius 2 is 1.79 bits per heavy atom. The van der Waals surface area contributed by atoms with Gasteiger partial charge in [0, 0.05) is 18.7 Å². The number of thiophene rings is 1. The summed E-state index contributed by atoms with van der Waals surface area (Å²) in [4.78, 5) is 28.4. The third-order valence-corrected chi connectivity index (χ3v) is 7.54. The number of hydrogen-bond donors (Lipinski definition) is 0. The lowest BCUT2D eigenvalue weighted by molar-refractivity contribution is -0.153. The molecule has 1 aliphatic heterocycles. The molecule has 0 aliphatic carbocycles. The van der Waals surface area contributed by atoms with Gasteiger partial charge >= 0.3 is 5.97 Å². The zero-order valence-corrected chi connectivity index (χ0v) is 20.1. The minimum Gasteiger partial charge on any atom is -0.467 e. The van der Waals surface area contributed by atoms with Crippen molar-refractivity contribution in [2.45, 2.75) is 24.2 Å². The molecule has 0 radical (unpaired) electrons. The van der Waals surface area contributed by atoms with E-state index < -0.39 is 12.0 Å². The summed E-state index contributed by atoms with van der Waals surface area (Å²) in [6, 6.07) is 21.1. The van der Waals surface area contributed by atoms with Crippen molar-refractivity contribution in [1.29, 1.82) is 0 Å². The van der Waals surface area contributed by atoms with E-state index in [1.165, 1.54) is 18.9 Å². The van der Waals surface area contributed by atoms with E-state index in [2.05, 4.69) is 10.2 Å². The largest absolute Gasteiger partial charge is 0.467 e. The SMILES string of the molecule is COC(=O)[C@H]1Cc2ccccc2CN1C(=O)CSc1nnc(-c2cccs2)n1-c1ccccc1. The van der Waals surface area contributed by atoms with Gasteiger partial charge in [0.1, 0.15) is 6.04 Å². The topological polar surface area (TPSA) is 77.3 Å². The summed E-state index contributed by atoms with van der Waals surface area (Å²) >= 11 is 2.90. The molecule has 0 saturated carbocycles. The van der Waals surface area contributed by atoms with Gasteiger partial charge in [0.2, 0.25) is 5.91 Å². The molecule has 0 spiro atoms. The summed E-state index contributed by atoms with van der Waals surface area (Å²) in [5, 5.41) is 11.4. The molecule has 1 atom stereocenters. The van der Waals surface area contributed by atoms with Gasteiger partial charge in [0.25, 0.3) is 0 Å². The van der Waals surface area contributed by atoms with Crippen LogP contribution in [0.1, 0.15) is 11.1 Å². The molecule has 0 fully saturated rings. The monoisotopic (exact) mass is 490 g/mol. The van der Waals surface area contributed by atoms with Crippen LogP contribution in [0.2, 0.25) is 0 Å². The molecule has 7 nitrogen and oxygen atoms in total. The van der Waals surface area contributed by atoms with Crippen molar-refractivity contribution in [2.24, 2.45) is 0 Å². The summed E-state index contributed by atoms with van der Waals surface area (Å²) in [5.41, 5.74) is 3.04. The number of thioether (sulfide) groups is 1. The maximum atomic E-state index is 13.3. The lowest BCUT2D eigenvalue weighted by atomic mass is 9.94. The third kappa shape index (κ3) is 4.36. The molecule has 172 valence electrons. The Kier molecular flexibility index (Phi) is 6.46. The summed E-state index contributed by atoms with van der Waals surface area (Å²) < 4.78 is 6.97. The van der Waals surface area contributed by atoms with Gasteiger partial charge in [-0.25, -0.2) is 4.79 Å². The fraction of sp³-hybridized carbons (Fsp3) is 0.200. The van der Waals surface area contributed by atoms with Crippen LogP contribution >= 0.6 is 23.1 Å². The molecule has 0 saturated heterocycles. The number of benzene rings is 2. The van der Waals surface area contributed by atoms with Gasteiger partial charge in [0.05, 0.1) is 17.7 Å². The summed E-state index contributed by atoms with van der Waals surface area (Å²) in [6.07, 6.45) is 0.446. The molecule has 0 unspecified atom stereocenters. The average Bonchev–Trinajstić information content (AvgIpc) is 3.56. The fourth-order valence-corrected chi connectivity index (χ4v) is 5.62. The molecule has 2 aromatic heterocycles. The second kappa shape index (κ2) is 9.82. The van der Waals surface area contributed by atoms with Crippen molar-refractivity contribution >= 4 is 35.0 Å². The molecule has 9 heteroatoms. The predicted molar refractivity (Wildman–Crippen MR) is 132 cm³/mol. The standard InChI is InChI=1S/C25H22N4O3S2/c1-32-24(31)20-14-17-8-5-6-9-18(17)15-28(20)22(30)16-34-25-27-26-23(21-12-7-13-33-21)29(25)19-10-3-2-4-11-19/h2-13,20H,14-16H2,1H3/t20-/m1/s1. The molecule has 0 bridgehead atoms. The number of para-hydroxylation sites is 1. The molecule has 34 heavy (non-hydrogen) atoms. The van der Waals surface area contributed by atoms with Crippen LogP contribution in [0.3, 0.4) is 0 Å². The highest BCUT2D eigenvalue weighted by atomic mass is 32.2. The molecule has 3 heterocycles. The van der Waals surface area contributed by atoms with E-state index in [1.807, 2.05) is 76.7 Å². The summed E-state index contributed by atoms with van der Waals surface area (Å²) in [5.74, 6) is 0.316. The van der Waals surface area contributed by atoms with E-state index in [9.17, 15) is 9.59 Å². The average molecular weight is 491 g/mol. The fourth-order valence-electron chi connectivity index (χ4n) is 4.08. The van der Waals surface area contributed by atoms with Crippen molar-refractivity contribution in [3.8, 4) is 16.4 Å². The number of aromatic nitrogens is 3. The van der Waals surface area contributed by atoms with Crippen molar-refractivity contribution in [3.63, 3.8) is 0 Å². The van der Waals surface area contributed by atoms with Crippen LogP contribution < -0.4 is 0 Å². The van der Waals surface area contributed by atoms with Crippen molar-refractivity contribution in [2.75, 3.05) is 12.9 Å². The minimum atomic E-state index is -0.637. The Hall–Kier alpha value is -3.43. The Balaban J connectivity index is 1.41. The number of esters is 1. The summed E-state index contributed by atoms with van der Waals surface area (Å²) in [6.45, 7) is 0.376. The van der Waals surface area contributed by atoms with E-state index in [0.717, 1.165) is 27.5 Å². The van der Waals surface area contributed by atoms with Gasteiger partial charge in [-0.05, 0) is 34.7 Å². The van der Waals surface area contributed by atoms with Gasteiger partial charge < -0.3 is 9.64 Å². The number of methoxy groups -OCH3 is 1. The van der Waals surface area contributed by atoms with Crippen LogP contribution in [0, 0.1) is 0 Å². The van der Waals surface area contributed by atoms with Crippen molar-refractivity contribution in [3.05, 3.63) is 83.2 Å². The summed E-state index contributed by atoms with van der Waals surface area (Å²) in [7, 11) is 1.36.